The summed E-state index contributed by atoms with van der Waals surface area (Å²) in [5, 5.41) is 5.52. The van der Waals surface area contributed by atoms with E-state index in [2.05, 4.69) is 29.6 Å². The Morgan fingerprint density at radius 1 is 1.15 bits per heavy atom. The monoisotopic (exact) mass is 287 g/mol. The second-order valence-electron chi connectivity index (χ2n) is 5.48. The van der Waals surface area contributed by atoms with Gasteiger partial charge in [0.1, 0.15) is 0 Å². The molecular weight excluding hydrogens is 270 g/mol. The van der Waals surface area contributed by atoms with Crippen molar-refractivity contribution in [2.75, 3.05) is 0 Å². The number of hydrogen-bond acceptors (Lipinski definition) is 1. The first-order valence-corrected chi connectivity index (χ1v) is 7.57. The van der Waals surface area contributed by atoms with Crippen LogP contribution in [0.2, 0.25) is 0 Å². The standard InChI is InChI=1S/C17H18ClNO/c18-15-6-3-7-16(15)19-17(20)11-12-8-9-13-4-1-2-5-14(13)10-12/h1-2,4-5,8-10,15-16H,3,6-7,11H2,(H,19,20). The minimum atomic E-state index is 0.0674. The minimum Gasteiger partial charge on any atom is -0.352 e. The van der Waals surface area contributed by atoms with Crippen LogP contribution in [0.1, 0.15) is 24.8 Å². The Kier molecular flexibility index (Phi) is 3.93. The zero-order chi connectivity index (χ0) is 13.9. The van der Waals surface area contributed by atoms with Crippen LogP contribution in [-0.2, 0) is 11.2 Å². The molecule has 3 heteroatoms. The summed E-state index contributed by atoms with van der Waals surface area (Å²) in [6, 6.07) is 14.5. The lowest BCUT2D eigenvalue weighted by molar-refractivity contribution is -0.121. The number of carbonyl (C=O) groups is 1. The maximum Gasteiger partial charge on any atom is 0.224 e. The lowest BCUT2D eigenvalue weighted by Crippen LogP contribution is -2.38. The summed E-state index contributed by atoms with van der Waals surface area (Å²) in [6.07, 6.45) is 3.53. The third-order valence-electron chi connectivity index (χ3n) is 3.96. The third kappa shape index (κ3) is 2.96. The number of rotatable bonds is 3. The second-order valence-corrected chi connectivity index (χ2v) is 6.04. The first-order chi connectivity index (χ1) is 9.72. The summed E-state index contributed by atoms with van der Waals surface area (Å²) in [4.78, 5) is 12.1. The van der Waals surface area contributed by atoms with Gasteiger partial charge in [0, 0.05) is 6.04 Å². The number of fused-ring (bicyclic) bond motifs is 1. The molecule has 0 heterocycles. The highest BCUT2D eigenvalue weighted by Crippen LogP contribution is 2.24. The zero-order valence-corrected chi connectivity index (χ0v) is 12.1. The van der Waals surface area contributed by atoms with Gasteiger partial charge in [-0.2, -0.15) is 0 Å². The Balaban J connectivity index is 1.67. The van der Waals surface area contributed by atoms with Crippen molar-refractivity contribution >= 4 is 28.3 Å². The Hall–Kier alpha value is -1.54. The quantitative estimate of drug-likeness (QED) is 0.858. The van der Waals surface area contributed by atoms with Gasteiger partial charge in [0.15, 0.2) is 0 Å². The average molecular weight is 288 g/mol. The Bertz CT molecular complexity index is 625. The van der Waals surface area contributed by atoms with E-state index in [1.165, 1.54) is 10.8 Å². The fourth-order valence-corrected chi connectivity index (χ4v) is 3.21. The predicted octanol–water partition coefficient (Wildman–Crippen LogP) is 3.66. The Morgan fingerprint density at radius 3 is 2.70 bits per heavy atom. The highest BCUT2D eigenvalue weighted by molar-refractivity contribution is 6.21. The fourth-order valence-electron chi connectivity index (χ4n) is 2.87. The third-order valence-corrected chi connectivity index (χ3v) is 4.48. The molecule has 1 fully saturated rings. The Morgan fingerprint density at radius 2 is 1.95 bits per heavy atom. The molecule has 1 saturated carbocycles. The maximum atomic E-state index is 12.1. The molecule has 104 valence electrons. The molecule has 1 N–H and O–H groups in total. The lowest BCUT2D eigenvalue weighted by Gasteiger charge is -2.15. The summed E-state index contributed by atoms with van der Waals surface area (Å²) in [5.74, 6) is 0.0674. The van der Waals surface area contributed by atoms with Crippen LogP contribution in [0.25, 0.3) is 10.8 Å². The molecule has 0 spiro atoms. The van der Waals surface area contributed by atoms with Crippen LogP contribution < -0.4 is 5.32 Å². The van der Waals surface area contributed by atoms with E-state index in [0.29, 0.717) is 6.42 Å². The van der Waals surface area contributed by atoms with E-state index in [0.717, 1.165) is 24.8 Å². The summed E-state index contributed by atoms with van der Waals surface area (Å²) >= 11 is 6.19. The largest absolute Gasteiger partial charge is 0.352 e. The predicted molar refractivity (Wildman–Crippen MR) is 83.1 cm³/mol. The van der Waals surface area contributed by atoms with Crippen LogP contribution in [0.3, 0.4) is 0 Å². The highest BCUT2D eigenvalue weighted by Gasteiger charge is 2.26. The van der Waals surface area contributed by atoms with E-state index in [4.69, 9.17) is 11.6 Å². The van der Waals surface area contributed by atoms with Crippen LogP contribution in [0.15, 0.2) is 42.5 Å². The molecular formula is C17H18ClNO. The molecule has 0 aromatic heterocycles. The topological polar surface area (TPSA) is 29.1 Å². The smallest absolute Gasteiger partial charge is 0.224 e. The summed E-state index contributed by atoms with van der Waals surface area (Å²) in [7, 11) is 0. The van der Waals surface area contributed by atoms with Crippen LogP contribution in [-0.4, -0.2) is 17.3 Å². The molecule has 1 aliphatic rings. The van der Waals surface area contributed by atoms with Crippen molar-refractivity contribution in [1.82, 2.24) is 5.32 Å². The first kappa shape index (κ1) is 13.4. The molecule has 2 aromatic rings. The van der Waals surface area contributed by atoms with Crippen molar-refractivity contribution < 1.29 is 4.79 Å². The zero-order valence-electron chi connectivity index (χ0n) is 11.3. The minimum absolute atomic E-state index is 0.0674. The van der Waals surface area contributed by atoms with Crippen LogP contribution in [0.4, 0.5) is 0 Å². The van der Waals surface area contributed by atoms with Crippen molar-refractivity contribution in [2.45, 2.75) is 37.1 Å². The summed E-state index contributed by atoms with van der Waals surface area (Å²) < 4.78 is 0. The van der Waals surface area contributed by atoms with Gasteiger partial charge in [-0.15, -0.1) is 11.6 Å². The SMILES string of the molecule is O=C(Cc1ccc2ccccc2c1)NC1CCCC1Cl. The molecule has 3 rings (SSSR count). The number of carbonyl (C=O) groups excluding carboxylic acids is 1. The van der Waals surface area contributed by atoms with Gasteiger partial charge < -0.3 is 5.32 Å². The lowest BCUT2D eigenvalue weighted by atomic mass is 10.0. The van der Waals surface area contributed by atoms with Gasteiger partial charge in [0.05, 0.1) is 11.8 Å². The number of halogens is 1. The molecule has 2 aromatic carbocycles. The number of amides is 1. The van der Waals surface area contributed by atoms with Gasteiger partial charge in [-0.05, 0) is 35.6 Å². The van der Waals surface area contributed by atoms with Crippen molar-refractivity contribution in [3.63, 3.8) is 0 Å². The van der Waals surface area contributed by atoms with E-state index in [-0.39, 0.29) is 17.3 Å². The van der Waals surface area contributed by atoms with Gasteiger partial charge in [0.2, 0.25) is 5.91 Å². The number of alkyl halides is 1. The number of nitrogens with one attached hydrogen (secondary N) is 1. The van der Waals surface area contributed by atoms with E-state index < -0.39 is 0 Å². The molecule has 0 bridgehead atoms. The van der Waals surface area contributed by atoms with Gasteiger partial charge in [0.25, 0.3) is 0 Å². The summed E-state index contributed by atoms with van der Waals surface area (Å²) in [5.41, 5.74) is 1.05. The van der Waals surface area contributed by atoms with Gasteiger partial charge in [-0.25, -0.2) is 0 Å². The normalized spacial score (nSPS) is 22.1. The van der Waals surface area contributed by atoms with E-state index in [1.54, 1.807) is 0 Å². The van der Waals surface area contributed by atoms with Gasteiger partial charge >= 0.3 is 0 Å². The number of benzene rings is 2. The number of hydrogen-bond donors (Lipinski definition) is 1. The molecule has 1 aliphatic carbocycles. The molecule has 2 atom stereocenters. The average Bonchev–Trinajstić information content (AvgIpc) is 2.84. The maximum absolute atomic E-state index is 12.1. The van der Waals surface area contributed by atoms with Crippen molar-refractivity contribution in [3.05, 3.63) is 48.0 Å². The first-order valence-electron chi connectivity index (χ1n) is 7.13. The molecule has 1 amide bonds. The second kappa shape index (κ2) is 5.84. The van der Waals surface area contributed by atoms with Gasteiger partial charge in [-0.3, -0.25) is 4.79 Å². The molecule has 0 saturated heterocycles. The molecule has 0 aliphatic heterocycles. The highest BCUT2D eigenvalue weighted by atomic mass is 35.5. The van der Waals surface area contributed by atoms with Gasteiger partial charge in [-0.1, -0.05) is 42.5 Å². The Labute approximate surface area is 124 Å². The van der Waals surface area contributed by atoms with Crippen LogP contribution >= 0.6 is 11.6 Å². The molecule has 20 heavy (non-hydrogen) atoms. The molecule has 2 nitrogen and oxygen atoms in total. The van der Waals surface area contributed by atoms with E-state index in [9.17, 15) is 4.79 Å². The van der Waals surface area contributed by atoms with Crippen molar-refractivity contribution in [2.24, 2.45) is 0 Å². The molecule has 2 unspecified atom stereocenters. The molecule has 0 radical (unpaired) electrons. The van der Waals surface area contributed by atoms with E-state index in [1.807, 2.05) is 18.2 Å². The summed E-state index contributed by atoms with van der Waals surface area (Å²) in [6.45, 7) is 0. The van der Waals surface area contributed by atoms with E-state index >= 15 is 0 Å². The fraction of sp³-hybridized carbons (Fsp3) is 0.353. The van der Waals surface area contributed by atoms with Crippen LogP contribution in [0, 0.1) is 0 Å². The van der Waals surface area contributed by atoms with Crippen molar-refractivity contribution in [1.29, 1.82) is 0 Å². The van der Waals surface area contributed by atoms with Crippen molar-refractivity contribution in [3.8, 4) is 0 Å². The van der Waals surface area contributed by atoms with Crippen LogP contribution in [0.5, 0.6) is 0 Å².